The highest BCUT2D eigenvalue weighted by Crippen LogP contribution is 2.39. The average Bonchev–Trinajstić information content (AvgIpc) is 3.29. The highest BCUT2D eigenvalue weighted by Gasteiger charge is 2.27. The van der Waals surface area contributed by atoms with Gasteiger partial charge in [0.2, 0.25) is 11.1 Å². The molecule has 4 rings (SSSR count). The van der Waals surface area contributed by atoms with Gasteiger partial charge in [-0.15, -0.1) is 21.5 Å². The topological polar surface area (TPSA) is 103 Å². The Kier molecular flexibility index (Phi) is 5.45. The van der Waals surface area contributed by atoms with Gasteiger partial charge in [-0.2, -0.15) is 0 Å². The second-order valence-corrected chi connectivity index (χ2v) is 8.52. The Bertz CT molecular complexity index is 1010. The number of carbonyl (C=O) groups excluding carboxylic acids is 2. The van der Waals surface area contributed by atoms with Crippen LogP contribution in [0.2, 0.25) is 0 Å². The van der Waals surface area contributed by atoms with Crippen molar-refractivity contribution in [3.8, 4) is 0 Å². The van der Waals surface area contributed by atoms with Crippen LogP contribution in [-0.2, 0) is 17.6 Å². The number of rotatable bonds is 6. The van der Waals surface area contributed by atoms with Crippen LogP contribution in [0.1, 0.15) is 39.2 Å². The lowest BCUT2D eigenvalue weighted by atomic mass is 9.92. The van der Waals surface area contributed by atoms with Crippen molar-refractivity contribution in [2.45, 2.75) is 30.8 Å². The number of fused-ring (bicyclic) bond motifs is 1. The first-order valence-electron chi connectivity index (χ1n) is 8.95. The summed E-state index contributed by atoms with van der Waals surface area (Å²) in [5, 5.41) is 11.6. The molecule has 0 aliphatic heterocycles. The van der Waals surface area contributed by atoms with Crippen molar-refractivity contribution in [2.75, 3.05) is 16.9 Å². The van der Waals surface area contributed by atoms with Gasteiger partial charge in [-0.25, -0.2) is 4.68 Å². The zero-order valence-corrected chi connectivity index (χ0v) is 16.7. The van der Waals surface area contributed by atoms with Crippen molar-refractivity contribution in [3.05, 3.63) is 58.2 Å². The summed E-state index contributed by atoms with van der Waals surface area (Å²) in [6, 6.07) is 9.21. The van der Waals surface area contributed by atoms with Crippen LogP contribution in [0.4, 0.5) is 5.00 Å². The fraction of sp³-hybridized carbons (Fsp3) is 0.263. The summed E-state index contributed by atoms with van der Waals surface area (Å²) in [5.74, 6) is 5.57. The summed E-state index contributed by atoms with van der Waals surface area (Å²) in [4.78, 5) is 26.9. The number of benzene rings is 1. The minimum absolute atomic E-state index is 0.0374. The van der Waals surface area contributed by atoms with Gasteiger partial charge in [0.25, 0.3) is 0 Å². The Labute approximate surface area is 170 Å². The van der Waals surface area contributed by atoms with Gasteiger partial charge in [-0.1, -0.05) is 42.1 Å². The van der Waals surface area contributed by atoms with Gasteiger partial charge in [-0.05, 0) is 31.2 Å². The third-order valence-corrected chi connectivity index (χ3v) is 6.72. The lowest BCUT2D eigenvalue weighted by Crippen LogP contribution is -2.17. The Morgan fingerprint density at radius 1 is 1.21 bits per heavy atom. The highest BCUT2D eigenvalue weighted by atomic mass is 32.2. The first-order chi connectivity index (χ1) is 13.6. The van der Waals surface area contributed by atoms with Gasteiger partial charge in [0, 0.05) is 10.4 Å². The molecule has 1 amide bonds. The van der Waals surface area contributed by atoms with E-state index in [4.69, 9.17) is 5.84 Å². The number of carbonyl (C=O) groups is 2. The molecule has 0 saturated carbocycles. The number of hydrogen-bond acceptors (Lipinski definition) is 7. The minimum Gasteiger partial charge on any atom is -0.336 e. The maximum Gasteiger partial charge on any atom is 0.235 e. The molecule has 2 heterocycles. The van der Waals surface area contributed by atoms with Crippen LogP contribution in [0, 0.1) is 0 Å². The number of thioether (sulfide) groups is 1. The Morgan fingerprint density at radius 2 is 2.00 bits per heavy atom. The molecule has 0 spiro atoms. The van der Waals surface area contributed by atoms with E-state index in [0.717, 1.165) is 31.2 Å². The number of nitrogens with one attached hydrogen (secondary N) is 1. The number of amides is 1. The largest absolute Gasteiger partial charge is 0.336 e. The molecule has 1 aliphatic carbocycles. The predicted octanol–water partition coefficient (Wildman–Crippen LogP) is 2.89. The average molecular weight is 414 g/mol. The number of nitrogens with two attached hydrogens (primary N) is 1. The summed E-state index contributed by atoms with van der Waals surface area (Å²) in [7, 11) is 0. The van der Waals surface area contributed by atoms with Crippen LogP contribution in [0.15, 0.2) is 41.8 Å². The standard InChI is InChI=1S/C19H19N5O2S2/c20-24-11-21-23-19(24)27-10-15(25)22-18-16(13-8-4-5-9-14(13)28-18)17(26)12-6-2-1-3-7-12/h1-3,6-7,11H,4-5,8-10,20H2,(H,22,25). The summed E-state index contributed by atoms with van der Waals surface area (Å²) in [6.45, 7) is 0. The van der Waals surface area contributed by atoms with E-state index in [1.807, 2.05) is 30.3 Å². The smallest absolute Gasteiger partial charge is 0.235 e. The first-order valence-corrected chi connectivity index (χ1v) is 10.8. The summed E-state index contributed by atoms with van der Waals surface area (Å²) < 4.78 is 1.27. The van der Waals surface area contributed by atoms with Crippen LogP contribution in [-0.4, -0.2) is 32.3 Å². The van der Waals surface area contributed by atoms with Gasteiger partial charge < -0.3 is 11.2 Å². The lowest BCUT2D eigenvalue weighted by molar-refractivity contribution is -0.113. The number of nitrogen functional groups attached to an aromatic ring is 1. The van der Waals surface area contributed by atoms with Crippen molar-refractivity contribution in [3.63, 3.8) is 0 Å². The molecule has 0 saturated heterocycles. The van der Waals surface area contributed by atoms with E-state index in [9.17, 15) is 9.59 Å². The van der Waals surface area contributed by atoms with Crippen molar-refractivity contribution in [1.82, 2.24) is 14.9 Å². The highest BCUT2D eigenvalue weighted by molar-refractivity contribution is 7.99. The Hall–Kier alpha value is -2.65. The van der Waals surface area contributed by atoms with E-state index in [1.54, 1.807) is 0 Å². The maximum atomic E-state index is 13.2. The molecule has 144 valence electrons. The van der Waals surface area contributed by atoms with Gasteiger partial charge in [0.15, 0.2) is 5.78 Å². The maximum absolute atomic E-state index is 13.2. The Morgan fingerprint density at radius 3 is 2.75 bits per heavy atom. The molecule has 0 bridgehead atoms. The molecule has 7 nitrogen and oxygen atoms in total. The first kappa shape index (κ1) is 18.7. The molecule has 3 N–H and O–H groups in total. The molecule has 2 aromatic heterocycles. The van der Waals surface area contributed by atoms with E-state index < -0.39 is 0 Å². The van der Waals surface area contributed by atoms with Crippen LogP contribution in [0.25, 0.3) is 0 Å². The van der Waals surface area contributed by atoms with Crippen LogP contribution < -0.4 is 11.2 Å². The number of aromatic nitrogens is 3. The second kappa shape index (κ2) is 8.15. The number of nitrogens with zero attached hydrogens (tertiary/aromatic N) is 3. The van der Waals surface area contributed by atoms with E-state index in [1.165, 1.54) is 39.0 Å². The number of anilines is 1. The molecule has 9 heteroatoms. The monoisotopic (exact) mass is 413 g/mol. The lowest BCUT2D eigenvalue weighted by Gasteiger charge is -2.12. The third-order valence-electron chi connectivity index (χ3n) is 4.56. The number of thiophene rings is 1. The number of aryl methyl sites for hydroxylation is 1. The quantitative estimate of drug-likeness (QED) is 0.366. The predicted molar refractivity (Wildman–Crippen MR) is 110 cm³/mol. The molecule has 1 aromatic carbocycles. The van der Waals surface area contributed by atoms with Crippen LogP contribution in [0.3, 0.4) is 0 Å². The van der Waals surface area contributed by atoms with Gasteiger partial charge in [0.1, 0.15) is 11.3 Å². The fourth-order valence-electron chi connectivity index (χ4n) is 3.26. The van der Waals surface area contributed by atoms with E-state index in [0.29, 0.717) is 21.3 Å². The molecule has 1 aliphatic rings. The van der Waals surface area contributed by atoms with E-state index >= 15 is 0 Å². The molecule has 3 aromatic rings. The number of hydrogen-bond donors (Lipinski definition) is 2. The van der Waals surface area contributed by atoms with Gasteiger partial charge in [-0.3, -0.25) is 9.59 Å². The van der Waals surface area contributed by atoms with E-state index in [2.05, 4.69) is 15.5 Å². The zero-order valence-electron chi connectivity index (χ0n) is 15.1. The Balaban J connectivity index is 1.58. The summed E-state index contributed by atoms with van der Waals surface area (Å²) in [5.41, 5.74) is 2.37. The van der Waals surface area contributed by atoms with Crippen LogP contribution in [0.5, 0.6) is 0 Å². The van der Waals surface area contributed by atoms with E-state index in [-0.39, 0.29) is 17.4 Å². The van der Waals surface area contributed by atoms with Crippen molar-refractivity contribution in [2.24, 2.45) is 0 Å². The van der Waals surface area contributed by atoms with Crippen molar-refractivity contribution >= 4 is 39.8 Å². The molecular weight excluding hydrogens is 394 g/mol. The molecule has 0 radical (unpaired) electrons. The van der Waals surface area contributed by atoms with Gasteiger partial charge >= 0.3 is 0 Å². The molecular formula is C19H19N5O2S2. The summed E-state index contributed by atoms with van der Waals surface area (Å²) in [6.07, 6.45) is 5.39. The number of ketones is 1. The summed E-state index contributed by atoms with van der Waals surface area (Å²) >= 11 is 2.72. The SMILES string of the molecule is Nn1cnnc1SCC(=O)Nc1sc2c(c1C(=O)c1ccccc1)CCCC2. The van der Waals surface area contributed by atoms with Crippen LogP contribution >= 0.6 is 23.1 Å². The fourth-order valence-corrected chi connectivity index (χ4v) is 5.19. The molecule has 0 fully saturated rings. The second-order valence-electron chi connectivity index (χ2n) is 6.47. The van der Waals surface area contributed by atoms with Gasteiger partial charge in [0.05, 0.1) is 11.3 Å². The van der Waals surface area contributed by atoms with Crippen molar-refractivity contribution in [1.29, 1.82) is 0 Å². The molecule has 0 atom stereocenters. The molecule has 0 unspecified atom stereocenters. The molecule has 28 heavy (non-hydrogen) atoms. The zero-order chi connectivity index (χ0) is 19.5. The minimum atomic E-state index is -0.200. The normalized spacial score (nSPS) is 13.1. The van der Waals surface area contributed by atoms with Crippen molar-refractivity contribution < 1.29 is 9.59 Å². The third kappa shape index (κ3) is 3.81.